The maximum Gasteiger partial charge on any atom is 3.00 e. The third-order valence-corrected chi connectivity index (χ3v) is 9.60. The van der Waals surface area contributed by atoms with Gasteiger partial charge in [0.1, 0.15) is 0 Å². The summed E-state index contributed by atoms with van der Waals surface area (Å²) in [5, 5.41) is 9.40. The van der Waals surface area contributed by atoms with E-state index in [0.29, 0.717) is 16.8 Å². The van der Waals surface area contributed by atoms with Gasteiger partial charge in [0.15, 0.2) is 0 Å². The second-order valence-corrected chi connectivity index (χ2v) is 13.6. The van der Waals surface area contributed by atoms with Crippen molar-refractivity contribution in [3.63, 3.8) is 0 Å². The van der Waals surface area contributed by atoms with Crippen LogP contribution < -0.4 is 0 Å². The second-order valence-electron chi connectivity index (χ2n) is 13.6. The van der Waals surface area contributed by atoms with Crippen molar-refractivity contribution in [3.05, 3.63) is 167 Å². The normalized spacial score (nSPS) is 18.8. The van der Waals surface area contributed by atoms with Crippen molar-refractivity contribution in [1.82, 2.24) is 4.98 Å². The number of pyridine rings is 1. The quantitative estimate of drug-likeness (QED) is 0.0914. The van der Waals surface area contributed by atoms with Gasteiger partial charge in [0, 0.05) is 15.8 Å². The number of aromatic nitrogens is 1. The molecule has 1 heterocycles. The molecule has 0 amide bonds. The molecule has 1 saturated carbocycles. The molecule has 2 nitrogen and oxygen atoms in total. The second kappa shape index (κ2) is 16.5. The Balaban J connectivity index is 0.000000246. The van der Waals surface area contributed by atoms with E-state index in [4.69, 9.17) is 9.60 Å². The van der Waals surface area contributed by atoms with Crippen LogP contribution in [0.15, 0.2) is 121 Å². The van der Waals surface area contributed by atoms with Gasteiger partial charge in [-0.2, -0.15) is 6.21 Å². The number of allylic oxidation sites excluding steroid dienone is 4. The van der Waals surface area contributed by atoms with Crippen LogP contribution >= 0.6 is 0 Å². The van der Waals surface area contributed by atoms with Gasteiger partial charge in [-0.05, 0) is 69.9 Å². The van der Waals surface area contributed by atoms with Crippen molar-refractivity contribution in [2.45, 2.75) is 67.1 Å². The molecule has 3 heteroatoms. The number of rotatable bonds is 7. The summed E-state index contributed by atoms with van der Waals surface area (Å²) >= 11 is 0. The number of nitrogens with zero attached hydrogens (tertiary/aromatic N) is 2. The van der Waals surface area contributed by atoms with Crippen LogP contribution in [0.4, 0.5) is 0 Å². The monoisotopic (exact) mass is 827 g/mol. The maximum atomic E-state index is 9.40. The summed E-state index contributed by atoms with van der Waals surface area (Å²) in [4.78, 5) is 4.21. The molecule has 6 rings (SSSR count). The van der Waals surface area contributed by atoms with Crippen LogP contribution in [-0.2, 0) is 20.1 Å². The molecule has 0 atom stereocenters. The molecule has 0 N–H and O–H groups in total. The first-order valence-electron chi connectivity index (χ1n) is 19.8. The zero-order valence-electron chi connectivity index (χ0n) is 35.8. The smallest absolute Gasteiger partial charge is 0.811 e. The first kappa shape index (κ1) is 28.6. The van der Waals surface area contributed by atoms with Gasteiger partial charge in [-0.1, -0.05) is 126 Å². The zero-order chi connectivity index (χ0) is 40.2. The van der Waals surface area contributed by atoms with E-state index in [1.807, 2.05) is 61.5 Å². The third-order valence-electron chi connectivity index (χ3n) is 9.60. The Morgan fingerprint density at radius 1 is 0.898 bits per heavy atom. The maximum absolute atomic E-state index is 9.40. The van der Waals surface area contributed by atoms with Gasteiger partial charge in [-0.15, -0.1) is 70.8 Å². The molecule has 250 valence electrons. The van der Waals surface area contributed by atoms with Crippen molar-refractivity contribution in [3.8, 4) is 22.4 Å². The van der Waals surface area contributed by atoms with E-state index < -0.39 is 19.6 Å². The molecule has 4 aromatic carbocycles. The van der Waals surface area contributed by atoms with Crippen LogP contribution in [0.5, 0.6) is 0 Å². The number of hydrogen-bond donors (Lipinski definition) is 0. The van der Waals surface area contributed by atoms with E-state index in [0.717, 1.165) is 52.5 Å². The number of hydrogen-bond acceptors (Lipinski definition) is 1. The van der Waals surface area contributed by atoms with Gasteiger partial charge in [0.2, 0.25) is 0 Å². The predicted octanol–water partition coefficient (Wildman–Crippen LogP) is 12.4. The van der Waals surface area contributed by atoms with Crippen molar-refractivity contribution in [2.24, 2.45) is 10.8 Å². The fourth-order valence-electron chi connectivity index (χ4n) is 6.02. The first-order valence-corrected chi connectivity index (χ1v) is 16.3. The molecule has 1 aliphatic rings. The summed E-state index contributed by atoms with van der Waals surface area (Å²) in [7, 11) is 0. The van der Waals surface area contributed by atoms with E-state index in [1.165, 1.54) is 18.3 Å². The average molecular weight is 827 g/mol. The largest absolute Gasteiger partial charge is 3.00 e. The van der Waals surface area contributed by atoms with Crippen molar-refractivity contribution in [2.75, 3.05) is 0 Å². The van der Waals surface area contributed by atoms with E-state index in [9.17, 15) is 5.41 Å². The Bertz CT molecular complexity index is 2130. The Labute approximate surface area is 318 Å². The Morgan fingerprint density at radius 2 is 1.61 bits per heavy atom. The van der Waals surface area contributed by atoms with Crippen LogP contribution in [0.1, 0.15) is 90.8 Å². The minimum atomic E-state index is -2.27. The molecule has 1 fully saturated rings. The topological polar surface area (TPSA) is 35.2 Å². The molecule has 0 aliphatic heterocycles. The molecule has 49 heavy (non-hydrogen) atoms. The summed E-state index contributed by atoms with van der Waals surface area (Å²) in [6.07, 6.45) is 7.89. The SMILES string of the molecule is [2H]C([2H])([2H])c1ccc(-c2[c-]cc(C([2H])([2H])[2H])c(-c3ccccc3)c2)nc1.[2H]C1(c2ccc(C(/C=C(\C)c3[c-]cccc3)=C/C=[N-])cc2)CC(C)(C)C(C)(C)C1.[Ir+3]. The van der Waals surface area contributed by atoms with Gasteiger partial charge < -0.3 is 10.4 Å². The van der Waals surface area contributed by atoms with Gasteiger partial charge >= 0.3 is 20.1 Å². The molecule has 0 bridgehead atoms. The summed E-state index contributed by atoms with van der Waals surface area (Å²) in [5.74, 6) is -0.552. The molecule has 5 aromatic rings. The standard InChI is InChI=1S/C27H31N.C19H16N.Ir/c1-20(21-9-7-6-8-10-21)17-24(15-16-28)22-11-13-23(14-12-22)25-18-26(2,3)27(4,5)19-25;1-14-8-11-19(20-13-14)17-10-9-15(2)18(12-17)16-6-4-3-5-7-16;/h6-9,11-17,25H,18-19H2,1-5H3;3-9,11-13H,1-2H3;/q-2;-1;+3/b20-17+,24-15+;;/i25D;1D3,2D3;. The molecular formula is C46H47IrN2. The number of aryl methyl sites for hydroxylation is 2. The van der Waals surface area contributed by atoms with E-state index in [-0.39, 0.29) is 42.1 Å². The van der Waals surface area contributed by atoms with Crippen LogP contribution in [-0.4, -0.2) is 11.2 Å². The molecule has 0 unspecified atom stereocenters. The summed E-state index contributed by atoms with van der Waals surface area (Å²) < 4.78 is 54.7. The Morgan fingerprint density at radius 3 is 2.20 bits per heavy atom. The molecular weight excluding hydrogens is 773 g/mol. The van der Waals surface area contributed by atoms with Crippen molar-refractivity contribution >= 4 is 17.4 Å². The fraction of sp³-hybridized carbons (Fsp3) is 0.261. The Kier molecular flexibility index (Phi) is 9.64. The van der Waals surface area contributed by atoms with Crippen molar-refractivity contribution in [1.29, 1.82) is 0 Å². The minimum absolute atomic E-state index is 0. The van der Waals surface area contributed by atoms with Crippen LogP contribution in [0, 0.1) is 36.7 Å². The van der Waals surface area contributed by atoms with Gasteiger partial charge in [-0.25, -0.2) is 0 Å². The summed E-state index contributed by atoms with van der Waals surface area (Å²) in [6, 6.07) is 38.0. The van der Waals surface area contributed by atoms with Crippen LogP contribution in [0.3, 0.4) is 0 Å². The summed E-state index contributed by atoms with van der Waals surface area (Å²) in [6.45, 7) is 6.70. The van der Waals surface area contributed by atoms with E-state index >= 15 is 0 Å². The first-order chi connectivity index (χ1) is 25.7. The minimum Gasteiger partial charge on any atom is -0.811 e. The molecule has 1 aliphatic carbocycles. The fourth-order valence-corrected chi connectivity index (χ4v) is 6.02. The van der Waals surface area contributed by atoms with Gasteiger partial charge in [-0.3, -0.25) is 0 Å². The average Bonchev–Trinajstić information content (AvgIpc) is 3.32. The predicted molar refractivity (Wildman–Crippen MR) is 206 cm³/mol. The number of benzene rings is 4. The van der Waals surface area contributed by atoms with Crippen LogP contribution in [0.2, 0.25) is 0 Å². The van der Waals surface area contributed by atoms with Gasteiger partial charge in [0.25, 0.3) is 0 Å². The zero-order valence-corrected chi connectivity index (χ0v) is 31.2. The van der Waals surface area contributed by atoms with Crippen molar-refractivity contribution < 1.29 is 29.7 Å². The molecule has 0 spiro atoms. The summed E-state index contributed by atoms with van der Waals surface area (Å²) in [5.41, 5.74) is 8.30. The molecule has 0 radical (unpaired) electrons. The third kappa shape index (κ3) is 9.30. The van der Waals surface area contributed by atoms with E-state index in [2.05, 4.69) is 75.2 Å². The van der Waals surface area contributed by atoms with E-state index in [1.54, 1.807) is 18.2 Å². The Hall–Kier alpha value is -4.17. The van der Waals surface area contributed by atoms with Crippen LogP contribution in [0.25, 0.3) is 38.9 Å². The van der Waals surface area contributed by atoms with Gasteiger partial charge in [0.05, 0.1) is 0 Å². The molecule has 0 saturated heterocycles. The molecule has 1 aromatic heterocycles.